The zero-order chi connectivity index (χ0) is 21.8. The number of methoxy groups -OCH3 is 2. The van der Waals surface area contributed by atoms with Crippen LogP contribution in [0.4, 0.5) is 0 Å². The molecule has 0 saturated heterocycles. The van der Waals surface area contributed by atoms with E-state index in [9.17, 15) is 0 Å². The van der Waals surface area contributed by atoms with Gasteiger partial charge in [-0.15, -0.1) is 0 Å². The van der Waals surface area contributed by atoms with Gasteiger partial charge in [0.1, 0.15) is 10.7 Å². The van der Waals surface area contributed by atoms with Crippen LogP contribution in [0.2, 0.25) is 0 Å². The summed E-state index contributed by atoms with van der Waals surface area (Å²) in [6, 6.07) is 15.8. The minimum absolute atomic E-state index is 0.321. The molecular weight excluding hydrogens is 410 g/mol. The maximum absolute atomic E-state index is 5.82. The molecule has 1 aliphatic rings. The number of benzene rings is 2. The fourth-order valence-corrected chi connectivity index (χ4v) is 3.83. The van der Waals surface area contributed by atoms with Crippen LogP contribution in [0.3, 0.4) is 0 Å². The van der Waals surface area contributed by atoms with Gasteiger partial charge in [0.15, 0.2) is 11.5 Å². The number of pyridine rings is 1. The number of aromatic nitrogens is 1. The van der Waals surface area contributed by atoms with Gasteiger partial charge in [-0.25, -0.2) is 4.98 Å². The van der Waals surface area contributed by atoms with Crippen LogP contribution in [-0.4, -0.2) is 35.6 Å². The number of hydrogen-bond acceptors (Lipinski definition) is 6. The first-order valence-electron chi connectivity index (χ1n) is 10.0. The summed E-state index contributed by atoms with van der Waals surface area (Å²) < 4.78 is 16.7. The summed E-state index contributed by atoms with van der Waals surface area (Å²) in [7, 11) is 3.35. The van der Waals surface area contributed by atoms with Crippen LogP contribution >= 0.6 is 12.2 Å². The highest BCUT2D eigenvalue weighted by atomic mass is 32.1. The number of fused-ring (bicyclic) bond motifs is 1. The Labute approximate surface area is 187 Å². The molecule has 3 aromatic rings. The predicted octanol–water partition coefficient (Wildman–Crippen LogP) is 4.08. The molecule has 0 fully saturated rings. The third-order valence-electron chi connectivity index (χ3n) is 5.37. The van der Waals surface area contributed by atoms with Gasteiger partial charge in [0.25, 0.3) is 0 Å². The molecule has 0 amide bonds. The van der Waals surface area contributed by atoms with E-state index in [4.69, 9.17) is 32.2 Å². The number of nitrogens with zero attached hydrogens (tertiary/aromatic N) is 2. The van der Waals surface area contributed by atoms with Crippen molar-refractivity contribution in [3.63, 3.8) is 0 Å². The SMILES string of the molecule is COc1cc2c(cc1OC)CN(Cc1ccc(Oc3ccc(C(N)=S)cn3)cc1)CC2. The van der Waals surface area contributed by atoms with Gasteiger partial charge in [0.2, 0.25) is 5.88 Å². The van der Waals surface area contributed by atoms with Gasteiger partial charge < -0.3 is 19.9 Å². The molecular formula is C24H25N3O3S. The molecule has 0 spiro atoms. The van der Waals surface area contributed by atoms with Gasteiger partial charge in [-0.05, 0) is 53.4 Å². The third-order valence-corrected chi connectivity index (χ3v) is 5.61. The number of ether oxygens (including phenoxy) is 3. The van der Waals surface area contributed by atoms with Crippen molar-refractivity contribution < 1.29 is 14.2 Å². The lowest BCUT2D eigenvalue weighted by atomic mass is 9.98. The maximum atomic E-state index is 5.82. The molecule has 4 rings (SSSR count). The smallest absolute Gasteiger partial charge is 0.219 e. The summed E-state index contributed by atoms with van der Waals surface area (Å²) in [5, 5.41) is 0. The molecule has 0 aliphatic carbocycles. The lowest BCUT2D eigenvalue weighted by Gasteiger charge is -2.29. The number of rotatable bonds is 7. The second-order valence-electron chi connectivity index (χ2n) is 7.43. The van der Waals surface area contributed by atoms with Gasteiger partial charge in [0, 0.05) is 37.5 Å². The molecule has 7 heteroatoms. The summed E-state index contributed by atoms with van der Waals surface area (Å²) >= 11 is 4.94. The number of hydrogen-bond donors (Lipinski definition) is 1. The zero-order valence-electron chi connectivity index (χ0n) is 17.6. The Hall–Kier alpha value is -3.16. The van der Waals surface area contributed by atoms with E-state index in [1.165, 1.54) is 16.7 Å². The van der Waals surface area contributed by atoms with Crippen LogP contribution in [0.25, 0.3) is 0 Å². The normalized spacial score (nSPS) is 13.4. The van der Waals surface area contributed by atoms with Crippen molar-refractivity contribution >= 4 is 17.2 Å². The quantitative estimate of drug-likeness (QED) is 0.561. The van der Waals surface area contributed by atoms with Crippen LogP contribution in [0.1, 0.15) is 22.3 Å². The van der Waals surface area contributed by atoms with E-state index >= 15 is 0 Å². The lowest BCUT2D eigenvalue weighted by molar-refractivity contribution is 0.244. The Morgan fingerprint density at radius 1 is 1.03 bits per heavy atom. The molecule has 0 radical (unpaired) electrons. The van der Waals surface area contributed by atoms with E-state index in [-0.39, 0.29) is 0 Å². The first-order chi connectivity index (χ1) is 15.1. The Bertz CT molecular complexity index is 1070. The Morgan fingerprint density at radius 3 is 2.35 bits per heavy atom. The summed E-state index contributed by atoms with van der Waals surface area (Å²) in [6.45, 7) is 2.75. The van der Waals surface area contributed by atoms with Crippen LogP contribution in [-0.2, 0) is 19.5 Å². The van der Waals surface area contributed by atoms with Crippen LogP contribution in [0, 0.1) is 0 Å². The fourth-order valence-electron chi connectivity index (χ4n) is 3.70. The van der Waals surface area contributed by atoms with Gasteiger partial charge in [-0.1, -0.05) is 24.4 Å². The third kappa shape index (κ3) is 4.95. The maximum Gasteiger partial charge on any atom is 0.219 e. The summed E-state index contributed by atoms with van der Waals surface area (Å²) in [5.41, 5.74) is 10.2. The fraction of sp³-hybridized carbons (Fsp3) is 0.250. The van der Waals surface area contributed by atoms with E-state index < -0.39 is 0 Å². The average Bonchev–Trinajstić information content (AvgIpc) is 2.79. The molecule has 1 aromatic heterocycles. The molecule has 0 unspecified atom stereocenters. The van der Waals surface area contributed by atoms with E-state index in [1.807, 2.05) is 12.1 Å². The van der Waals surface area contributed by atoms with Crippen molar-refractivity contribution in [2.24, 2.45) is 5.73 Å². The van der Waals surface area contributed by atoms with Gasteiger partial charge in [-0.2, -0.15) is 0 Å². The standard InChI is InChI=1S/C24H25N3O3S/c1-28-21-11-17-9-10-27(15-19(17)12-22(21)29-2)14-16-3-6-20(7-4-16)30-23-8-5-18(13-26-23)24(25)31/h3-8,11-13H,9-10,14-15H2,1-2H3,(H2,25,31). The van der Waals surface area contributed by atoms with E-state index in [1.54, 1.807) is 32.5 Å². The molecule has 6 nitrogen and oxygen atoms in total. The molecule has 2 heterocycles. The average molecular weight is 436 g/mol. The second-order valence-corrected chi connectivity index (χ2v) is 7.87. The van der Waals surface area contributed by atoms with E-state index in [0.717, 1.165) is 48.9 Å². The molecule has 160 valence electrons. The summed E-state index contributed by atoms with van der Waals surface area (Å²) in [6.07, 6.45) is 2.61. The summed E-state index contributed by atoms with van der Waals surface area (Å²) in [5.74, 6) is 2.81. The first kappa shape index (κ1) is 21.1. The highest BCUT2D eigenvalue weighted by molar-refractivity contribution is 7.80. The van der Waals surface area contributed by atoms with Crippen LogP contribution in [0.5, 0.6) is 23.1 Å². The minimum Gasteiger partial charge on any atom is -0.493 e. The Morgan fingerprint density at radius 2 is 1.74 bits per heavy atom. The van der Waals surface area contributed by atoms with Gasteiger partial charge >= 0.3 is 0 Å². The molecule has 1 aliphatic heterocycles. The van der Waals surface area contributed by atoms with Crippen LogP contribution < -0.4 is 19.9 Å². The van der Waals surface area contributed by atoms with Crippen molar-refractivity contribution in [1.82, 2.24) is 9.88 Å². The van der Waals surface area contributed by atoms with E-state index in [0.29, 0.717) is 10.9 Å². The molecule has 2 N–H and O–H groups in total. The predicted molar refractivity (Wildman–Crippen MR) is 124 cm³/mol. The molecule has 0 saturated carbocycles. The topological polar surface area (TPSA) is 69.8 Å². The highest BCUT2D eigenvalue weighted by Crippen LogP contribution is 2.33. The molecule has 2 aromatic carbocycles. The van der Waals surface area contributed by atoms with Gasteiger partial charge in [-0.3, -0.25) is 4.90 Å². The number of nitrogens with two attached hydrogens (primary N) is 1. The Balaban J connectivity index is 1.39. The first-order valence-corrected chi connectivity index (χ1v) is 10.5. The number of thiocarbonyl (C=S) groups is 1. The minimum atomic E-state index is 0.321. The van der Waals surface area contributed by atoms with Crippen molar-refractivity contribution in [2.45, 2.75) is 19.5 Å². The zero-order valence-corrected chi connectivity index (χ0v) is 18.4. The summed E-state index contributed by atoms with van der Waals surface area (Å²) in [4.78, 5) is 6.99. The monoisotopic (exact) mass is 435 g/mol. The Kier molecular flexibility index (Phi) is 6.34. The van der Waals surface area contributed by atoms with Crippen molar-refractivity contribution in [3.8, 4) is 23.1 Å². The second kappa shape index (κ2) is 9.32. The molecule has 31 heavy (non-hydrogen) atoms. The highest BCUT2D eigenvalue weighted by Gasteiger charge is 2.19. The van der Waals surface area contributed by atoms with Crippen molar-refractivity contribution in [1.29, 1.82) is 0 Å². The lowest BCUT2D eigenvalue weighted by Crippen LogP contribution is -2.30. The molecule has 0 bridgehead atoms. The largest absolute Gasteiger partial charge is 0.493 e. The van der Waals surface area contributed by atoms with Crippen molar-refractivity contribution in [3.05, 3.63) is 77.0 Å². The molecule has 0 atom stereocenters. The van der Waals surface area contributed by atoms with Crippen LogP contribution in [0.15, 0.2) is 54.7 Å². The van der Waals surface area contributed by atoms with E-state index in [2.05, 4.69) is 34.1 Å². The van der Waals surface area contributed by atoms with Crippen molar-refractivity contribution in [2.75, 3.05) is 20.8 Å². The van der Waals surface area contributed by atoms with Gasteiger partial charge in [0.05, 0.1) is 14.2 Å².